The molecule has 2 aromatic heterocycles. The summed E-state index contributed by atoms with van der Waals surface area (Å²) >= 11 is 0. The molecule has 142 valence electrons. The van der Waals surface area contributed by atoms with Crippen molar-refractivity contribution in [1.29, 1.82) is 0 Å². The average molecular weight is 365 g/mol. The van der Waals surface area contributed by atoms with Gasteiger partial charge in [0.1, 0.15) is 17.8 Å². The van der Waals surface area contributed by atoms with Crippen LogP contribution in [-0.4, -0.2) is 41.0 Å². The Bertz CT molecular complexity index is 775. The van der Waals surface area contributed by atoms with Crippen LogP contribution >= 0.6 is 0 Å². The molecule has 2 heterocycles. The molecule has 1 N–H and O–H groups in total. The SMILES string of the molecule is CN(CCc1ccncc1)c1cc(C(=O)NCCC2=CCCCC2)ncn1. The highest BCUT2D eigenvalue weighted by Gasteiger charge is 2.11. The topological polar surface area (TPSA) is 71.0 Å². The highest BCUT2D eigenvalue weighted by molar-refractivity contribution is 5.92. The number of amides is 1. The Balaban J connectivity index is 1.51. The van der Waals surface area contributed by atoms with Crippen molar-refractivity contribution in [2.24, 2.45) is 0 Å². The van der Waals surface area contributed by atoms with Crippen molar-refractivity contribution in [2.75, 3.05) is 25.0 Å². The summed E-state index contributed by atoms with van der Waals surface area (Å²) in [5.74, 6) is 0.608. The van der Waals surface area contributed by atoms with Crippen LogP contribution in [0.4, 0.5) is 5.82 Å². The standard InChI is InChI=1S/C21H27N5O/c1-26(14-10-18-7-11-22-12-8-18)20-15-19(24-16-25-20)21(27)23-13-9-17-5-3-2-4-6-17/h5,7-8,11-12,15-16H,2-4,6,9-10,13-14H2,1H3,(H,23,27). The van der Waals surface area contributed by atoms with Gasteiger partial charge in [0, 0.05) is 38.6 Å². The van der Waals surface area contributed by atoms with Crippen molar-refractivity contribution in [3.63, 3.8) is 0 Å². The number of hydrogen-bond donors (Lipinski definition) is 1. The number of nitrogens with one attached hydrogen (secondary N) is 1. The Morgan fingerprint density at radius 3 is 2.81 bits per heavy atom. The molecular weight excluding hydrogens is 338 g/mol. The van der Waals surface area contributed by atoms with Gasteiger partial charge in [-0.25, -0.2) is 9.97 Å². The molecule has 0 radical (unpaired) electrons. The molecular formula is C21H27N5O. The third kappa shape index (κ3) is 5.88. The average Bonchev–Trinajstić information content (AvgIpc) is 2.73. The van der Waals surface area contributed by atoms with E-state index in [4.69, 9.17) is 0 Å². The molecule has 6 heteroatoms. The molecule has 0 fully saturated rings. The number of pyridine rings is 1. The highest BCUT2D eigenvalue weighted by atomic mass is 16.1. The Morgan fingerprint density at radius 2 is 2.04 bits per heavy atom. The quantitative estimate of drug-likeness (QED) is 0.728. The second kappa shape index (κ2) is 9.80. The zero-order valence-electron chi connectivity index (χ0n) is 15.9. The number of allylic oxidation sites excluding steroid dienone is 1. The van der Waals surface area contributed by atoms with Crippen LogP contribution in [0.5, 0.6) is 0 Å². The fourth-order valence-electron chi connectivity index (χ4n) is 3.20. The predicted molar refractivity (Wildman–Crippen MR) is 107 cm³/mol. The lowest BCUT2D eigenvalue weighted by Crippen LogP contribution is -2.27. The molecule has 0 atom stereocenters. The first-order chi connectivity index (χ1) is 13.2. The van der Waals surface area contributed by atoms with E-state index in [0.29, 0.717) is 12.2 Å². The van der Waals surface area contributed by atoms with Crippen LogP contribution in [0.3, 0.4) is 0 Å². The van der Waals surface area contributed by atoms with Crippen LogP contribution in [0.1, 0.15) is 48.2 Å². The summed E-state index contributed by atoms with van der Waals surface area (Å²) in [6, 6.07) is 5.77. The van der Waals surface area contributed by atoms with Gasteiger partial charge in [-0.2, -0.15) is 0 Å². The van der Waals surface area contributed by atoms with E-state index in [1.165, 1.54) is 36.7 Å². The van der Waals surface area contributed by atoms with E-state index in [9.17, 15) is 4.79 Å². The van der Waals surface area contributed by atoms with Crippen molar-refractivity contribution in [1.82, 2.24) is 20.3 Å². The highest BCUT2D eigenvalue weighted by Crippen LogP contribution is 2.19. The van der Waals surface area contributed by atoms with Crippen LogP contribution < -0.4 is 10.2 Å². The summed E-state index contributed by atoms with van der Waals surface area (Å²) < 4.78 is 0. The summed E-state index contributed by atoms with van der Waals surface area (Å²) in [4.78, 5) is 26.9. The van der Waals surface area contributed by atoms with E-state index in [2.05, 4.69) is 26.3 Å². The maximum absolute atomic E-state index is 12.4. The minimum atomic E-state index is -0.141. The van der Waals surface area contributed by atoms with Crippen molar-refractivity contribution in [2.45, 2.75) is 38.5 Å². The molecule has 0 saturated carbocycles. The first-order valence-corrected chi connectivity index (χ1v) is 9.60. The monoisotopic (exact) mass is 365 g/mol. The normalized spacial score (nSPS) is 13.7. The Hall–Kier alpha value is -2.76. The molecule has 0 aliphatic heterocycles. The first-order valence-electron chi connectivity index (χ1n) is 9.60. The molecule has 27 heavy (non-hydrogen) atoms. The van der Waals surface area contributed by atoms with E-state index >= 15 is 0 Å². The lowest BCUT2D eigenvalue weighted by molar-refractivity contribution is 0.0949. The van der Waals surface area contributed by atoms with E-state index in [-0.39, 0.29) is 5.91 Å². The van der Waals surface area contributed by atoms with E-state index < -0.39 is 0 Å². The van der Waals surface area contributed by atoms with Gasteiger partial charge in [-0.1, -0.05) is 11.6 Å². The number of carbonyl (C=O) groups excluding carboxylic acids is 1. The molecule has 2 aromatic rings. The van der Waals surface area contributed by atoms with Gasteiger partial charge < -0.3 is 10.2 Å². The lowest BCUT2D eigenvalue weighted by Gasteiger charge is -2.18. The van der Waals surface area contributed by atoms with E-state index in [1.54, 1.807) is 18.5 Å². The molecule has 0 aromatic carbocycles. The third-order valence-electron chi connectivity index (χ3n) is 4.88. The molecule has 0 saturated heterocycles. The molecule has 3 rings (SSSR count). The fourth-order valence-corrected chi connectivity index (χ4v) is 3.20. The van der Waals surface area contributed by atoms with Gasteiger partial charge in [0.2, 0.25) is 0 Å². The second-order valence-electron chi connectivity index (χ2n) is 6.90. The van der Waals surface area contributed by atoms with Crippen LogP contribution in [0.2, 0.25) is 0 Å². The number of aromatic nitrogens is 3. The Morgan fingerprint density at radius 1 is 1.19 bits per heavy atom. The van der Waals surface area contributed by atoms with Gasteiger partial charge in [0.25, 0.3) is 5.91 Å². The summed E-state index contributed by atoms with van der Waals surface area (Å²) in [6.07, 6.45) is 14.1. The second-order valence-corrected chi connectivity index (χ2v) is 6.90. The predicted octanol–water partition coefficient (Wildman–Crippen LogP) is 3.17. The van der Waals surface area contributed by atoms with Gasteiger partial charge >= 0.3 is 0 Å². The maximum atomic E-state index is 12.4. The Labute approximate surface area is 160 Å². The maximum Gasteiger partial charge on any atom is 0.270 e. The van der Waals surface area contributed by atoms with Crippen molar-refractivity contribution in [3.05, 3.63) is 59.8 Å². The summed E-state index contributed by atoms with van der Waals surface area (Å²) in [6.45, 7) is 1.46. The number of likely N-dealkylation sites (N-methyl/N-ethyl adjacent to an activating group) is 1. The smallest absolute Gasteiger partial charge is 0.270 e. The number of anilines is 1. The summed E-state index contributed by atoms with van der Waals surface area (Å²) in [7, 11) is 1.97. The molecule has 1 aliphatic carbocycles. The number of rotatable bonds is 8. The molecule has 1 amide bonds. The van der Waals surface area contributed by atoms with Crippen molar-refractivity contribution < 1.29 is 4.79 Å². The van der Waals surface area contributed by atoms with Crippen LogP contribution in [-0.2, 0) is 6.42 Å². The lowest BCUT2D eigenvalue weighted by atomic mass is 9.97. The van der Waals surface area contributed by atoms with Crippen molar-refractivity contribution in [3.8, 4) is 0 Å². The zero-order valence-corrected chi connectivity index (χ0v) is 15.9. The number of nitrogens with zero attached hydrogens (tertiary/aromatic N) is 4. The molecule has 0 spiro atoms. The van der Waals surface area contributed by atoms with Gasteiger partial charge in [0.15, 0.2) is 0 Å². The van der Waals surface area contributed by atoms with Gasteiger partial charge in [0.05, 0.1) is 0 Å². The Kier molecular flexibility index (Phi) is 6.90. The molecule has 6 nitrogen and oxygen atoms in total. The van der Waals surface area contributed by atoms with E-state index in [1.807, 2.05) is 24.1 Å². The van der Waals surface area contributed by atoms with Gasteiger partial charge in [-0.05, 0) is 56.2 Å². The van der Waals surface area contributed by atoms with Crippen LogP contribution in [0.25, 0.3) is 0 Å². The third-order valence-corrected chi connectivity index (χ3v) is 4.88. The number of carbonyl (C=O) groups is 1. The molecule has 1 aliphatic rings. The minimum absolute atomic E-state index is 0.141. The van der Waals surface area contributed by atoms with Gasteiger partial charge in [-0.15, -0.1) is 0 Å². The first kappa shape index (κ1) is 19.0. The molecule has 0 unspecified atom stereocenters. The van der Waals surface area contributed by atoms with Crippen molar-refractivity contribution >= 4 is 11.7 Å². The number of hydrogen-bond acceptors (Lipinski definition) is 5. The summed E-state index contributed by atoms with van der Waals surface area (Å²) in [5, 5.41) is 2.97. The van der Waals surface area contributed by atoms with Crippen LogP contribution in [0, 0.1) is 0 Å². The van der Waals surface area contributed by atoms with Gasteiger partial charge in [-0.3, -0.25) is 9.78 Å². The fraction of sp³-hybridized carbons (Fsp3) is 0.429. The molecule has 0 bridgehead atoms. The minimum Gasteiger partial charge on any atom is -0.359 e. The zero-order chi connectivity index (χ0) is 18.9. The van der Waals surface area contributed by atoms with Crippen LogP contribution in [0.15, 0.2) is 48.6 Å². The largest absolute Gasteiger partial charge is 0.359 e. The summed E-state index contributed by atoms with van der Waals surface area (Å²) in [5.41, 5.74) is 3.09. The van der Waals surface area contributed by atoms with E-state index in [0.717, 1.165) is 31.6 Å².